The number of fused-ring (bicyclic) bond motifs is 1. The minimum atomic E-state index is -0.362. The fraction of sp³-hybridized carbons (Fsp3) is 0.391. The highest BCUT2D eigenvalue weighted by atomic mass is 35.5. The summed E-state index contributed by atoms with van der Waals surface area (Å²) >= 11 is 1.35. The lowest BCUT2D eigenvalue weighted by Gasteiger charge is -2.23. The number of benzene rings is 2. The van der Waals surface area contributed by atoms with Crippen molar-refractivity contribution in [2.24, 2.45) is 0 Å². The van der Waals surface area contributed by atoms with Crippen LogP contribution in [0.3, 0.4) is 0 Å². The van der Waals surface area contributed by atoms with Crippen LogP contribution in [-0.4, -0.2) is 56.1 Å². The number of halogens is 2. The fourth-order valence-electron chi connectivity index (χ4n) is 3.41. The fourth-order valence-corrected chi connectivity index (χ4v) is 4.41. The first-order valence-corrected chi connectivity index (χ1v) is 11.1. The molecule has 0 fully saturated rings. The van der Waals surface area contributed by atoms with Gasteiger partial charge in [-0.3, -0.25) is 9.69 Å². The van der Waals surface area contributed by atoms with Crippen molar-refractivity contribution in [3.63, 3.8) is 0 Å². The SMILES string of the molecule is CCN(CC)c1ccc(C(=O)N(CCCN(C)C)c2nc3c(F)cccc3s2)cc1.Cl. The topological polar surface area (TPSA) is 39.7 Å². The number of hydrogen-bond donors (Lipinski definition) is 0. The van der Waals surface area contributed by atoms with E-state index in [1.54, 1.807) is 11.0 Å². The molecule has 0 saturated carbocycles. The highest BCUT2D eigenvalue weighted by molar-refractivity contribution is 7.22. The standard InChI is InChI=1S/C23H29FN4OS.ClH/c1-5-27(6-2)18-13-11-17(12-14-18)22(29)28(16-8-15-26(3)4)23-25-21-19(24)9-7-10-20(21)30-23;/h7,9-14H,5-6,8,15-16H2,1-4H3;1H. The van der Waals surface area contributed by atoms with Crippen molar-refractivity contribution in [1.29, 1.82) is 0 Å². The molecular formula is C23H30ClFN4OS. The first-order valence-electron chi connectivity index (χ1n) is 10.3. The maximum Gasteiger partial charge on any atom is 0.260 e. The molecule has 1 amide bonds. The molecule has 0 atom stereocenters. The molecule has 3 aromatic rings. The Morgan fingerprint density at radius 1 is 1.03 bits per heavy atom. The predicted molar refractivity (Wildman–Crippen MR) is 132 cm³/mol. The van der Waals surface area contributed by atoms with Crippen molar-refractivity contribution in [3.8, 4) is 0 Å². The Bertz CT molecular complexity index is 989. The summed E-state index contributed by atoms with van der Waals surface area (Å²) in [5, 5.41) is 0.534. The molecular weight excluding hydrogens is 435 g/mol. The number of anilines is 2. The smallest absolute Gasteiger partial charge is 0.260 e. The first kappa shape index (κ1) is 25.0. The lowest BCUT2D eigenvalue weighted by Crippen LogP contribution is -2.33. The lowest BCUT2D eigenvalue weighted by molar-refractivity contribution is 0.0986. The molecule has 0 spiro atoms. The number of rotatable bonds is 9. The highest BCUT2D eigenvalue weighted by Crippen LogP contribution is 2.31. The minimum absolute atomic E-state index is 0. The maximum absolute atomic E-state index is 14.2. The summed E-state index contributed by atoms with van der Waals surface area (Å²) in [7, 11) is 4.01. The van der Waals surface area contributed by atoms with E-state index in [0.29, 0.717) is 22.8 Å². The van der Waals surface area contributed by atoms with E-state index in [1.807, 2.05) is 44.4 Å². The van der Waals surface area contributed by atoms with Crippen LogP contribution in [0.2, 0.25) is 0 Å². The number of carbonyl (C=O) groups is 1. The Labute approximate surface area is 193 Å². The van der Waals surface area contributed by atoms with E-state index >= 15 is 0 Å². The number of para-hydroxylation sites is 1. The van der Waals surface area contributed by atoms with Gasteiger partial charge in [0, 0.05) is 30.9 Å². The van der Waals surface area contributed by atoms with Gasteiger partial charge in [0.1, 0.15) is 11.3 Å². The van der Waals surface area contributed by atoms with Crippen molar-refractivity contribution in [2.75, 3.05) is 50.1 Å². The molecule has 1 aromatic heterocycles. The summed E-state index contributed by atoms with van der Waals surface area (Å²) in [5.41, 5.74) is 2.02. The molecule has 0 aliphatic carbocycles. The number of nitrogens with zero attached hydrogens (tertiary/aromatic N) is 4. The van der Waals surface area contributed by atoms with Gasteiger partial charge in [-0.25, -0.2) is 9.37 Å². The second-order valence-corrected chi connectivity index (χ2v) is 8.42. The van der Waals surface area contributed by atoms with Gasteiger partial charge in [-0.1, -0.05) is 17.4 Å². The molecule has 168 valence electrons. The number of thiazole rings is 1. The second-order valence-electron chi connectivity index (χ2n) is 7.42. The Kier molecular flexibility index (Phi) is 9.22. The largest absolute Gasteiger partial charge is 0.372 e. The maximum atomic E-state index is 14.2. The number of hydrogen-bond acceptors (Lipinski definition) is 5. The zero-order chi connectivity index (χ0) is 21.7. The lowest BCUT2D eigenvalue weighted by atomic mass is 10.1. The van der Waals surface area contributed by atoms with Gasteiger partial charge in [-0.05, 0) is 77.3 Å². The van der Waals surface area contributed by atoms with Crippen LogP contribution < -0.4 is 9.80 Å². The third kappa shape index (κ3) is 5.93. The molecule has 1 heterocycles. The van der Waals surface area contributed by atoms with Gasteiger partial charge in [-0.2, -0.15) is 0 Å². The van der Waals surface area contributed by atoms with Crippen molar-refractivity contribution >= 4 is 50.7 Å². The van der Waals surface area contributed by atoms with Gasteiger partial charge in [0.25, 0.3) is 5.91 Å². The van der Waals surface area contributed by atoms with Gasteiger partial charge in [0.15, 0.2) is 5.13 Å². The zero-order valence-electron chi connectivity index (χ0n) is 18.5. The van der Waals surface area contributed by atoms with Crippen LogP contribution in [0, 0.1) is 5.82 Å². The molecule has 0 aliphatic rings. The average molecular weight is 465 g/mol. The van der Waals surface area contributed by atoms with Crippen LogP contribution >= 0.6 is 23.7 Å². The van der Waals surface area contributed by atoms with E-state index < -0.39 is 0 Å². The summed E-state index contributed by atoms with van der Waals surface area (Å²) in [6.07, 6.45) is 0.800. The van der Waals surface area contributed by atoms with E-state index in [1.165, 1.54) is 17.4 Å². The monoisotopic (exact) mass is 464 g/mol. The summed E-state index contributed by atoms with van der Waals surface area (Å²) in [5.74, 6) is -0.474. The molecule has 3 rings (SSSR count). The van der Waals surface area contributed by atoms with Gasteiger partial charge in [0.05, 0.1) is 4.70 Å². The normalized spacial score (nSPS) is 10.9. The molecule has 5 nitrogen and oxygen atoms in total. The quantitative estimate of drug-likeness (QED) is 0.430. The number of aromatic nitrogens is 1. The zero-order valence-corrected chi connectivity index (χ0v) is 20.1. The average Bonchev–Trinajstić information content (AvgIpc) is 3.17. The molecule has 31 heavy (non-hydrogen) atoms. The summed E-state index contributed by atoms with van der Waals surface area (Å²) < 4.78 is 14.9. The van der Waals surface area contributed by atoms with Crippen LogP contribution in [0.25, 0.3) is 10.2 Å². The van der Waals surface area contributed by atoms with Gasteiger partial charge in [0.2, 0.25) is 0 Å². The molecule has 0 radical (unpaired) electrons. The Morgan fingerprint density at radius 3 is 2.29 bits per heavy atom. The van der Waals surface area contributed by atoms with Crippen LogP contribution in [-0.2, 0) is 0 Å². The van der Waals surface area contributed by atoms with Crippen LogP contribution in [0.1, 0.15) is 30.6 Å². The third-order valence-electron chi connectivity index (χ3n) is 5.06. The predicted octanol–water partition coefficient (Wildman–Crippen LogP) is 5.30. The van der Waals surface area contributed by atoms with Gasteiger partial charge < -0.3 is 9.80 Å². The molecule has 0 N–H and O–H groups in total. The Balaban J connectivity index is 0.00000341. The summed E-state index contributed by atoms with van der Waals surface area (Å²) in [6.45, 7) is 7.43. The van der Waals surface area contributed by atoms with Crippen molar-refractivity contribution in [1.82, 2.24) is 9.88 Å². The van der Waals surface area contributed by atoms with Gasteiger partial charge in [-0.15, -0.1) is 12.4 Å². The van der Waals surface area contributed by atoms with Crippen molar-refractivity contribution < 1.29 is 9.18 Å². The molecule has 2 aromatic carbocycles. The summed E-state index contributed by atoms with van der Waals surface area (Å²) in [4.78, 5) is 23.8. The van der Waals surface area contributed by atoms with Crippen LogP contribution in [0.15, 0.2) is 42.5 Å². The summed E-state index contributed by atoms with van der Waals surface area (Å²) in [6, 6.07) is 12.6. The second kappa shape index (κ2) is 11.4. The van der Waals surface area contributed by atoms with Crippen LogP contribution in [0.4, 0.5) is 15.2 Å². The highest BCUT2D eigenvalue weighted by Gasteiger charge is 2.22. The van der Waals surface area contributed by atoms with E-state index in [9.17, 15) is 9.18 Å². The van der Waals surface area contributed by atoms with E-state index in [4.69, 9.17) is 0 Å². The van der Waals surface area contributed by atoms with Gasteiger partial charge >= 0.3 is 0 Å². The molecule has 0 bridgehead atoms. The number of carbonyl (C=O) groups excluding carboxylic acids is 1. The van der Waals surface area contributed by atoms with E-state index in [2.05, 4.69) is 28.6 Å². The van der Waals surface area contributed by atoms with E-state index in [-0.39, 0.29) is 24.1 Å². The van der Waals surface area contributed by atoms with E-state index in [0.717, 1.165) is 36.4 Å². The third-order valence-corrected chi connectivity index (χ3v) is 6.11. The molecule has 0 aliphatic heterocycles. The molecule has 0 saturated heterocycles. The first-order chi connectivity index (χ1) is 14.4. The Hall–Kier alpha value is -2.22. The van der Waals surface area contributed by atoms with Crippen LogP contribution in [0.5, 0.6) is 0 Å². The minimum Gasteiger partial charge on any atom is -0.372 e. The van der Waals surface area contributed by atoms with Crippen molar-refractivity contribution in [2.45, 2.75) is 20.3 Å². The number of amides is 1. The van der Waals surface area contributed by atoms with Crippen molar-refractivity contribution in [3.05, 3.63) is 53.8 Å². The molecule has 8 heteroatoms. The molecule has 0 unspecified atom stereocenters. The Morgan fingerprint density at radius 2 is 1.71 bits per heavy atom.